The maximum Gasteiger partial charge on any atom is 0.133 e. The highest BCUT2D eigenvalue weighted by atomic mass is 35.5. The van der Waals surface area contributed by atoms with Gasteiger partial charge in [0, 0.05) is 17.7 Å². The van der Waals surface area contributed by atoms with Gasteiger partial charge in [0.2, 0.25) is 0 Å². The number of aromatic nitrogens is 2. The van der Waals surface area contributed by atoms with E-state index >= 15 is 0 Å². The van der Waals surface area contributed by atoms with Gasteiger partial charge in [-0.05, 0) is 12.3 Å². The highest BCUT2D eigenvalue weighted by molar-refractivity contribution is 6.30. The van der Waals surface area contributed by atoms with Crippen LogP contribution in [-0.4, -0.2) is 14.9 Å². The molecule has 4 heteroatoms. The quantitative estimate of drug-likeness (QED) is 0.905. The molecule has 1 aromatic heterocycles. The molecule has 0 saturated carbocycles. The maximum atomic E-state index is 9.51. The summed E-state index contributed by atoms with van der Waals surface area (Å²) in [6, 6.07) is 9.82. The predicted octanol–water partition coefficient (Wildman–Crippen LogP) is 3.74. The molecule has 102 valence electrons. The third kappa shape index (κ3) is 3.17. The summed E-state index contributed by atoms with van der Waals surface area (Å²) in [5.41, 5.74) is 2.46. The van der Waals surface area contributed by atoms with E-state index < -0.39 is 0 Å². The number of aliphatic hydroxyl groups is 1. The first-order chi connectivity index (χ1) is 9.13. The Labute approximate surface area is 118 Å². The summed E-state index contributed by atoms with van der Waals surface area (Å²) in [5.74, 6) is 0.595. The van der Waals surface area contributed by atoms with Crippen LogP contribution in [-0.2, 0) is 13.2 Å². The summed E-state index contributed by atoms with van der Waals surface area (Å²) in [6.45, 7) is 5.02. The van der Waals surface area contributed by atoms with Gasteiger partial charge in [0.15, 0.2) is 0 Å². The SMILES string of the molecule is CC(C)CCn1nc(-c2ccccc2)c(CO)c1Cl. The molecular weight excluding hydrogens is 260 g/mol. The second-order valence-electron chi connectivity index (χ2n) is 5.05. The minimum Gasteiger partial charge on any atom is -0.391 e. The number of halogens is 1. The van der Waals surface area contributed by atoms with Crippen LogP contribution in [0.2, 0.25) is 5.15 Å². The minimum atomic E-state index is -0.0925. The highest BCUT2D eigenvalue weighted by Crippen LogP contribution is 2.29. The molecule has 1 aromatic carbocycles. The molecule has 0 unspecified atom stereocenters. The average Bonchev–Trinajstić information content (AvgIpc) is 2.74. The predicted molar refractivity (Wildman–Crippen MR) is 78.1 cm³/mol. The average molecular weight is 279 g/mol. The highest BCUT2D eigenvalue weighted by Gasteiger charge is 2.16. The summed E-state index contributed by atoms with van der Waals surface area (Å²) >= 11 is 6.30. The number of aliphatic hydroxyl groups excluding tert-OH is 1. The van der Waals surface area contributed by atoms with Crippen molar-refractivity contribution in [3.8, 4) is 11.3 Å². The van der Waals surface area contributed by atoms with Crippen molar-refractivity contribution in [1.29, 1.82) is 0 Å². The molecule has 0 aliphatic rings. The largest absolute Gasteiger partial charge is 0.391 e. The number of hydrogen-bond donors (Lipinski definition) is 1. The first kappa shape index (κ1) is 14.1. The summed E-state index contributed by atoms with van der Waals surface area (Å²) in [6.07, 6.45) is 1.01. The van der Waals surface area contributed by atoms with E-state index in [9.17, 15) is 5.11 Å². The molecule has 0 aliphatic heterocycles. The van der Waals surface area contributed by atoms with E-state index in [1.165, 1.54) is 0 Å². The Morgan fingerprint density at radius 1 is 1.26 bits per heavy atom. The lowest BCUT2D eigenvalue weighted by atomic mass is 10.1. The van der Waals surface area contributed by atoms with Gasteiger partial charge in [-0.25, -0.2) is 0 Å². The third-order valence-corrected chi connectivity index (χ3v) is 3.53. The molecule has 3 nitrogen and oxygen atoms in total. The van der Waals surface area contributed by atoms with Gasteiger partial charge in [-0.2, -0.15) is 5.10 Å². The molecule has 19 heavy (non-hydrogen) atoms. The molecule has 0 saturated heterocycles. The lowest BCUT2D eigenvalue weighted by molar-refractivity contribution is 0.282. The van der Waals surface area contributed by atoms with Crippen molar-refractivity contribution in [3.05, 3.63) is 41.0 Å². The fraction of sp³-hybridized carbons (Fsp3) is 0.400. The molecule has 0 radical (unpaired) electrons. The van der Waals surface area contributed by atoms with Crippen molar-refractivity contribution in [2.75, 3.05) is 0 Å². The van der Waals surface area contributed by atoms with Gasteiger partial charge in [-0.3, -0.25) is 4.68 Å². The van der Waals surface area contributed by atoms with Crippen LogP contribution in [0.1, 0.15) is 25.8 Å². The Hall–Kier alpha value is -1.32. The second kappa shape index (κ2) is 6.22. The van der Waals surface area contributed by atoms with Gasteiger partial charge < -0.3 is 5.11 Å². The number of rotatable bonds is 5. The van der Waals surface area contributed by atoms with Crippen LogP contribution in [0.25, 0.3) is 11.3 Å². The van der Waals surface area contributed by atoms with Gasteiger partial charge in [0.05, 0.1) is 12.3 Å². The van der Waals surface area contributed by atoms with E-state index in [-0.39, 0.29) is 6.61 Å². The third-order valence-electron chi connectivity index (χ3n) is 3.11. The van der Waals surface area contributed by atoms with Crippen LogP contribution in [0.5, 0.6) is 0 Å². The Kier molecular flexibility index (Phi) is 4.61. The summed E-state index contributed by atoms with van der Waals surface area (Å²) < 4.78 is 1.79. The second-order valence-corrected chi connectivity index (χ2v) is 5.41. The zero-order chi connectivity index (χ0) is 13.8. The van der Waals surface area contributed by atoms with Gasteiger partial charge in [0.25, 0.3) is 0 Å². The summed E-state index contributed by atoms with van der Waals surface area (Å²) in [5, 5.41) is 14.6. The molecule has 2 aromatic rings. The van der Waals surface area contributed by atoms with Crippen molar-refractivity contribution in [3.63, 3.8) is 0 Å². The van der Waals surface area contributed by atoms with E-state index in [0.29, 0.717) is 16.6 Å². The molecule has 0 spiro atoms. The number of aryl methyl sites for hydroxylation is 1. The van der Waals surface area contributed by atoms with Crippen LogP contribution in [0, 0.1) is 5.92 Å². The fourth-order valence-corrected chi connectivity index (χ4v) is 2.25. The first-order valence-electron chi connectivity index (χ1n) is 6.55. The number of benzene rings is 1. The van der Waals surface area contributed by atoms with Gasteiger partial charge in [0.1, 0.15) is 5.15 Å². The summed E-state index contributed by atoms with van der Waals surface area (Å²) in [4.78, 5) is 0. The Morgan fingerprint density at radius 2 is 1.95 bits per heavy atom. The first-order valence-corrected chi connectivity index (χ1v) is 6.92. The molecule has 2 rings (SSSR count). The normalized spacial score (nSPS) is 11.2. The zero-order valence-electron chi connectivity index (χ0n) is 11.3. The smallest absolute Gasteiger partial charge is 0.133 e. The Balaban J connectivity index is 2.36. The molecular formula is C15H19ClN2O. The Bertz CT molecular complexity index is 535. The molecule has 0 atom stereocenters. The van der Waals surface area contributed by atoms with E-state index in [1.807, 2.05) is 30.3 Å². The summed E-state index contributed by atoms with van der Waals surface area (Å²) in [7, 11) is 0. The van der Waals surface area contributed by atoms with Crippen LogP contribution < -0.4 is 0 Å². The van der Waals surface area contributed by atoms with Crippen molar-refractivity contribution < 1.29 is 5.11 Å². The number of nitrogens with zero attached hydrogens (tertiary/aromatic N) is 2. The van der Waals surface area contributed by atoms with Crippen molar-refractivity contribution in [2.24, 2.45) is 5.92 Å². The van der Waals surface area contributed by atoms with Crippen LogP contribution in [0.4, 0.5) is 0 Å². The monoisotopic (exact) mass is 278 g/mol. The van der Waals surface area contributed by atoms with Gasteiger partial charge >= 0.3 is 0 Å². The lowest BCUT2D eigenvalue weighted by Gasteiger charge is -2.05. The lowest BCUT2D eigenvalue weighted by Crippen LogP contribution is -2.03. The molecule has 1 N–H and O–H groups in total. The van der Waals surface area contributed by atoms with Crippen molar-refractivity contribution >= 4 is 11.6 Å². The molecule has 1 heterocycles. The van der Waals surface area contributed by atoms with E-state index in [1.54, 1.807) is 4.68 Å². The van der Waals surface area contributed by atoms with Crippen LogP contribution in [0.3, 0.4) is 0 Å². The molecule has 0 aliphatic carbocycles. The van der Waals surface area contributed by atoms with Crippen molar-refractivity contribution in [2.45, 2.75) is 33.4 Å². The van der Waals surface area contributed by atoms with Crippen LogP contribution >= 0.6 is 11.6 Å². The van der Waals surface area contributed by atoms with Crippen molar-refractivity contribution in [1.82, 2.24) is 9.78 Å². The Morgan fingerprint density at radius 3 is 2.53 bits per heavy atom. The van der Waals surface area contributed by atoms with E-state index in [2.05, 4.69) is 18.9 Å². The van der Waals surface area contributed by atoms with Gasteiger partial charge in [-0.15, -0.1) is 0 Å². The van der Waals surface area contributed by atoms with Gasteiger partial charge in [-0.1, -0.05) is 55.8 Å². The topological polar surface area (TPSA) is 38.0 Å². The van der Waals surface area contributed by atoms with E-state index in [0.717, 1.165) is 24.2 Å². The standard InChI is InChI=1S/C15H19ClN2O/c1-11(2)8-9-18-15(16)13(10-19)14(17-18)12-6-4-3-5-7-12/h3-7,11,19H,8-10H2,1-2H3. The fourth-order valence-electron chi connectivity index (χ4n) is 1.98. The molecule has 0 fully saturated rings. The maximum absolute atomic E-state index is 9.51. The number of hydrogen-bond acceptors (Lipinski definition) is 2. The minimum absolute atomic E-state index is 0.0925. The zero-order valence-corrected chi connectivity index (χ0v) is 12.1. The van der Waals surface area contributed by atoms with Crippen LogP contribution in [0.15, 0.2) is 30.3 Å². The van der Waals surface area contributed by atoms with E-state index in [4.69, 9.17) is 11.6 Å². The molecule has 0 bridgehead atoms. The molecule has 0 amide bonds.